The number of hydrogen-bond acceptors (Lipinski definition) is 5. The van der Waals surface area contributed by atoms with Gasteiger partial charge in [0.2, 0.25) is 5.82 Å². The van der Waals surface area contributed by atoms with Crippen molar-refractivity contribution < 1.29 is 4.79 Å². The minimum absolute atomic E-state index is 0.0281. The molecule has 3 aromatic heterocycles. The molecule has 1 aliphatic carbocycles. The van der Waals surface area contributed by atoms with Crippen molar-refractivity contribution in [1.29, 1.82) is 0 Å². The van der Waals surface area contributed by atoms with Gasteiger partial charge in [-0.05, 0) is 57.4 Å². The maximum absolute atomic E-state index is 13.1. The van der Waals surface area contributed by atoms with E-state index in [0.717, 1.165) is 60.3 Å². The van der Waals surface area contributed by atoms with E-state index in [4.69, 9.17) is 9.97 Å². The van der Waals surface area contributed by atoms with Crippen molar-refractivity contribution in [3.05, 3.63) is 22.1 Å². The van der Waals surface area contributed by atoms with Crippen molar-refractivity contribution in [3.63, 3.8) is 0 Å². The molecule has 3 aromatic rings. The number of aryl methyl sites for hydroxylation is 3. The Kier molecular flexibility index (Phi) is 3.74. The molecule has 1 atom stereocenters. The summed E-state index contributed by atoms with van der Waals surface area (Å²) in [5.41, 5.74) is 2.18. The molecule has 6 nitrogen and oxygen atoms in total. The first-order valence-electron chi connectivity index (χ1n) is 9.66. The lowest BCUT2D eigenvalue weighted by Crippen LogP contribution is -2.43. The number of hydrogen-bond donors (Lipinski definition) is 0. The topological polar surface area (TPSA) is 63.4 Å². The molecule has 136 valence electrons. The van der Waals surface area contributed by atoms with Gasteiger partial charge in [-0.1, -0.05) is 6.92 Å². The Balaban J connectivity index is 1.64. The smallest absolute Gasteiger partial charge is 0.293 e. The van der Waals surface area contributed by atoms with Crippen LogP contribution < -0.4 is 0 Å². The number of rotatable bonds is 2. The molecule has 26 heavy (non-hydrogen) atoms. The van der Waals surface area contributed by atoms with Crippen LogP contribution in [-0.2, 0) is 12.8 Å². The number of aromatic nitrogens is 4. The SMILES string of the molecule is CCC1CCCCN1C(=O)c1nc2c3c4c(sc3nc(C)n2n1)CCC4. The zero-order valence-electron chi connectivity index (χ0n) is 15.3. The minimum atomic E-state index is -0.0281. The van der Waals surface area contributed by atoms with Gasteiger partial charge in [0.25, 0.3) is 5.91 Å². The number of carbonyl (C=O) groups excluding carboxylic acids is 1. The fourth-order valence-electron chi connectivity index (χ4n) is 4.50. The third kappa shape index (κ3) is 2.29. The summed E-state index contributed by atoms with van der Waals surface area (Å²) in [6, 6.07) is 0.312. The summed E-state index contributed by atoms with van der Waals surface area (Å²) >= 11 is 1.78. The summed E-state index contributed by atoms with van der Waals surface area (Å²) in [5, 5.41) is 5.68. The Morgan fingerprint density at radius 1 is 1.23 bits per heavy atom. The summed E-state index contributed by atoms with van der Waals surface area (Å²) in [6.07, 6.45) is 7.75. The van der Waals surface area contributed by atoms with E-state index < -0.39 is 0 Å². The maximum Gasteiger partial charge on any atom is 0.293 e. The van der Waals surface area contributed by atoms with Gasteiger partial charge in [0.05, 0.1) is 5.39 Å². The molecule has 0 bridgehead atoms. The van der Waals surface area contributed by atoms with Gasteiger partial charge < -0.3 is 4.90 Å². The van der Waals surface area contributed by atoms with Crippen LogP contribution >= 0.6 is 11.3 Å². The summed E-state index contributed by atoms with van der Waals surface area (Å²) < 4.78 is 1.77. The molecule has 0 aromatic carbocycles. The first kappa shape index (κ1) is 16.2. The Bertz CT molecular complexity index is 1020. The van der Waals surface area contributed by atoms with Crippen LogP contribution in [0.3, 0.4) is 0 Å². The van der Waals surface area contributed by atoms with Gasteiger partial charge in [-0.25, -0.2) is 9.97 Å². The second-order valence-corrected chi connectivity index (χ2v) is 8.51. The van der Waals surface area contributed by atoms with Crippen LogP contribution in [0, 0.1) is 6.92 Å². The summed E-state index contributed by atoms with van der Waals surface area (Å²) in [4.78, 5) is 27.0. The number of likely N-dealkylation sites (tertiary alicyclic amines) is 1. The van der Waals surface area contributed by atoms with E-state index in [1.54, 1.807) is 15.9 Å². The lowest BCUT2D eigenvalue weighted by molar-refractivity contribution is 0.0595. The number of carbonyl (C=O) groups is 1. The van der Waals surface area contributed by atoms with E-state index in [1.807, 2.05) is 11.8 Å². The van der Waals surface area contributed by atoms with Crippen LogP contribution in [0.1, 0.15) is 65.9 Å². The molecular formula is C19H23N5OS. The van der Waals surface area contributed by atoms with Gasteiger partial charge in [0, 0.05) is 17.5 Å². The van der Waals surface area contributed by atoms with E-state index in [1.165, 1.54) is 23.3 Å². The van der Waals surface area contributed by atoms with Crippen LogP contribution in [0.4, 0.5) is 0 Å². The van der Waals surface area contributed by atoms with Gasteiger partial charge in [-0.15, -0.1) is 16.4 Å². The van der Waals surface area contributed by atoms with Crippen LogP contribution in [0.15, 0.2) is 0 Å². The van der Waals surface area contributed by atoms with Gasteiger partial charge in [-0.3, -0.25) is 4.79 Å². The molecule has 1 saturated heterocycles. The third-order valence-electron chi connectivity index (χ3n) is 5.85. The molecule has 4 heterocycles. The number of amides is 1. The summed E-state index contributed by atoms with van der Waals surface area (Å²) in [7, 11) is 0. The van der Waals surface area contributed by atoms with Crippen molar-refractivity contribution in [3.8, 4) is 0 Å². The number of nitrogens with zero attached hydrogens (tertiary/aromatic N) is 5. The van der Waals surface area contributed by atoms with E-state index in [0.29, 0.717) is 11.9 Å². The van der Waals surface area contributed by atoms with Gasteiger partial charge in [0.15, 0.2) is 5.65 Å². The molecule has 0 radical (unpaired) electrons. The van der Waals surface area contributed by atoms with E-state index in [-0.39, 0.29) is 5.91 Å². The maximum atomic E-state index is 13.1. The first-order chi connectivity index (χ1) is 12.7. The van der Waals surface area contributed by atoms with E-state index in [2.05, 4.69) is 12.0 Å². The predicted molar refractivity (Wildman–Crippen MR) is 102 cm³/mol. The zero-order chi connectivity index (χ0) is 17.8. The zero-order valence-corrected chi connectivity index (χ0v) is 16.1. The minimum Gasteiger partial charge on any atom is -0.333 e. The van der Waals surface area contributed by atoms with Crippen LogP contribution in [0.5, 0.6) is 0 Å². The van der Waals surface area contributed by atoms with Gasteiger partial charge in [0.1, 0.15) is 10.7 Å². The van der Waals surface area contributed by atoms with Crippen molar-refractivity contribution in [2.75, 3.05) is 6.54 Å². The van der Waals surface area contributed by atoms with Crippen LogP contribution in [0.25, 0.3) is 15.9 Å². The molecule has 0 spiro atoms. The molecule has 2 aliphatic rings. The molecule has 1 aliphatic heterocycles. The van der Waals surface area contributed by atoms with Crippen molar-refractivity contribution in [2.24, 2.45) is 0 Å². The second kappa shape index (κ2) is 6.01. The van der Waals surface area contributed by atoms with Gasteiger partial charge in [-0.2, -0.15) is 4.52 Å². The van der Waals surface area contributed by atoms with Crippen molar-refractivity contribution in [2.45, 2.75) is 64.8 Å². The number of thiophene rings is 1. The van der Waals surface area contributed by atoms with Crippen LogP contribution in [0.2, 0.25) is 0 Å². The first-order valence-corrected chi connectivity index (χ1v) is 10.5. The fraction of sp³-hybridized carbons (Fsp3) is 0.579. The number of piperidine rings is 1. The average Bonchev–Trinajstić information content (AvgIpc) is 3.34. The highest BCUT2D eigenvalue weighted by molar-refractivity contribution is 7.19. The Morgan fingerprint density at radius 2 is 2.12 bits per heavy atom. The lowest BCUT2D eigenvalue weighted by Gasteiger charge is -2.34. The second-order valence-electron chi connectivity index (χ2n) is 7.42. The molecule has 1 fully saturated rings. The average molecular weight is 369 g/mol. The summed E-state index contributed by atoms with van der Waals surface area (Å²) in [6.45, 7) is 4.91. The van der Waals surface area contributed by atoms with Crippen LogP contribution in [-0.4, -0.2) is 43.0 Å². The monoisotopic (exact) mass is 369 g/mol. The highest BCUT2D eigenvalue weighted by Gasteiger charge is 2.30. The normalized spacial score (nSPS) is 20.2. The van der Waals surface area contributed by atoms with Crippen molar-refractivity contribution in [1.82, 2.24) is 24.5 Å². The molecule has 5 rings (SSSR count). The molecule has 0 saturated carbocycles. The third-order valence-corrected chi connectivity index (χ3v) is 7.04. The molecule has 1 unspecified atom stereocenters. The fourth-order valence-corrected chi connectivity index (χ4v) is 5.81. The highest BCUT2D eigenvalue weighted by Crippen LogP contribution is 2.38. The highest BCUT2D eigenvalue weighted by atomic mass is 32.1. The standard InChI is InChI=1S/C19H23N5OS/c1-3-12-7-4-5-10-23(12)19(25)16-21-17-15-13-8-6-9-14(13)26-18(15)20-11(2)24(17)22-16/h12H,3-10H2,1-2H3. The lowest BCUT2D eigenvalue weighted by atomic mass is 10.00. The molecular weight excluding hydrogens is 346 g/mol. The quantitative estimate of drug-likeness (QED) is 0.693. The molecule has 7 heteroatoms. The molecule has 1 amide bonds. The largest absolute Gasteiger partial charge is 0.333 e. The number of fused-ring (bicyclic) bond motifs is 5. The molecule has 0 N–H and O–H groups in total. The Morgan fingerprint density at radius 3 is 2.96 bits per heavy atom. The Labute approximate surface area is 156 Å². The van der Waals surface area contributed by atoms with E-state index >= 15 is 0 Å². The Hall–Kier alpha value is -2.02. The predicted octanol–water partition coefficient (Wildman–Crippen LogP) is 3.54. The van der Waals surface area contributed by atoms with Gasteiger partial charge >= 0.3 is 0 Å². The summed E-state index contributed by atoms with van der Waals surface area (Å²) in [5.74, 6) is 1.09. The van der Waals surface area contributed by atoms with Crippen molar-refractivity contribution >= 4 is 33.1 Å². The van der Waals surface area contributed by atoms with E-state index in [9.17, 15) is 4.79 Å².